The van der Waals surface area contributed by atoms with Gasteiger partial charge in [0.15, 0.2) is 0 Å². The second-order valence-electron chi connectivity index (χ2n) is 6.70. The summed E-state index contributed by atoms with van der Waals surface area (Å²) in [7, 11) is 0. The minimum Gasteiger partial charge on any atom is -0.369 e. The fraction of sp³-hybridized carbons (Fsp3) is 0.389. The first-order valence-corrected chi connectivity index (χ1v) is 8.09. The minimum atomic E-state index is -0.787. The van der Waals surface area contributed by atoms with Crippen LogP contribution in [0.3, 0.4) is 0 Å². The van der Waals surface area contributed by atoms with Crippen LogP contribution in [0.4, 0.5) is 0 Å². The van der Waals surface area contributed by atoms with Crippen molar-refractivity contribution in [2.75, 3.05) is 13.1 Å². The molecule has 1 aromatic carbocycles. The van der Waals surface area contributed by atoms with Gasteiger partial charge in [-0.1, -0.05) is 38.1 Å². The van der Waals surface area contributed by atoms with E-state index >= 15 is 0 Å². The van der Waals surface area contributed by atoms with Crippen molar-refractivity contribution in [2.45, 2.75) is 31.6 Å². The van der Waals surface area contributed by atoms with E-state index in [-0.39, 0.29) is 24.2 Å². The Morgan fingerprint density at radius 2 is 2.00 bits per heavy atom. The lowest BCUT2D eigenvalue weighted by molar-refractivity contribution is -0.144. The molecular weight excluding hydrogens is 304 g/mol. The Bertz CT molecular complexity index is 746. The molecule has 1 saturated heterocycles. The molecule has 126 valence electrons. The standard InChI is InChI=1S/C18H22N4O2/c1-12(2)14-5-3-4-6-15(14)18(17(19)24)10-22(11-18)16(23)9-13-7-8-20-21-13/h3-8,12H,9-11H2,1-2H3,(H2,19,24)(H,20,21). The third-order valence-corrected chi connectivity index (χ3v) is 4.74. The maximum absolute atomic E-state index is 12.4. The summed E-state index contributed by atoms with van der Waals surface area (Å²) >= 11 is 0. The van der Waals surface area contributed by atoms with Crippen molar-refractivity contribution in [3.05, 3.63) is 53.3 Å². The molecule has 0 unspecified atom stereocenters. The first kappa shape index (κ1) is 16.2. The largest absolute Gasteiger partial charge is 0.369 e. The lowest BCUT2D eigenvalue weighted by atomic mass is 9.70. The topological polar surface area (TPSA) is 92.1 Å². The Hall–Kier alpha value is -2.63. The van der Waals surface area contributed by atoms with Crippen LogP contribution in [0.1, 0.15) is 36.6 Å². The molecule has 3 rings (SSSR count). The van der Waals surface area contributed by atoms with E-state index in [0.717, 1.165) is 16.8 Å². The molecule has 0 aliphatic carbocycles. The Morgan fingerprint density at radius 3 is 2.58 bits per heavy atom. The maximum Gasteiger partial charge on any atom is 0.231 e. The number of H-pyrrole nitrogens is 1. The minimum absolute atomic E-state index is 0.0295. The lowest BCUT2D eigenvalue weighted by Gasteiger charge is -2.49. The number of benzene rings is 1. The van der Waals surface area contributed by atoms with Crippen LogP contribution in [0.5, 0.6) is 0 Å². The van der Waals surface area contributed by atoms with Gasteiger partial charge in [-0.05, 0) is 23.1 Å². The molecule has 0 bridgehead atoms. The van der Waals surface area contributed by atoms with E-state index in [1.54, 1.807) is 17.2 Å². The summed E-state index contributed by atoms with van der Waals surface area (Å²) in [5.74, 6) is -0.119. The van der Waals surface area contributed by atoms with Crippen molar-refractivity contribution >= 4 is 11.8 Å². The Balaban J connectivity index is 1.81. The van der Waals surface area contributed by atoms with Crippen LogP contribution >= 0.6 is 0 Å². The van der Waals surface area contributed by atoms with Gasteiger partial charge in [-0.2, -0.15) is 5.10 Å². The van der Waals surface area contributed by atoms with Crippen LogP contribution in [-0.2, 0) is 21.4 Å². The van der Waals surface area contributed by atoms with Gasteiger partial charge in [0.2, 0.25) is 11.8 Å². The van der Waals surface area contributed by atoms with Gasteiger partial charge in [0, 0.05) is 25.0 Å². The molecule has 0 spiro atoms. The quantitative estimate of drug-likeness (QED) is 0.868. The molecule has 6 nitrogen and oxygen atoms in total. The van der Waals surface area contributed by atoms with Crippen LogP contribution in [0.15, 0.2) is 36.5 Å². The number of carbonyl (C=O) groups is 2. The third kappa shape index (κ3) is 2.68. The van der Waals surface area contributed by atoms with Crippen molar-refractivity contribution in [1.29, 1.82) is 0 Å². The van der Waals surface area contributed by atoms with Crippen molar-refractivity contribution < 1.29 is 9.59 Å². The lowest BCUT2D eigenvalue weighted by Crippen LogP contribution is -2.67. The van der Waals surface area contributed by atoms with Crippen LogP contribution in [0.25, 0.3) is 0 Å². The summed E-state index contributed by atoms with van der Waals surface area (Å²) in [6, 6.07) is 9.64. The van der Waals surface area contributed by atoms with Crippen molar-refractivity contribution in [2.24, 2.45) is 5.73 Å². The van der Waals surface area contributed by atoms with Gasteiger partial charge in [-0.15, -0.1) is 0 Å². The highest BCUT2D eigenvalue weighted by Gasteiger charge is 2.52. The van der Waals surface area contributed by atoms with Crippen molar-refractivity contribution in [3.8, 4) is 0 Å². The van der Waals surface area contributed by atoms with E-state index in [9.17, 15) is 9.59 Å². The van der Waals surface area contributed by atoms with Gasteiger partial charge in [0.05, 0.1) is 6.42 Å². The summed E-state index contributed by atoms with van der Waals surface area (Å²) in [5.41, 5.74) is 7.77. The number of nitrogens with zero attached hydrogens (tertiary/aromatic N) is 2. The van der Waals surface area contributed by atoms with E-state index in [2.05, 4.69) is 24.0 Å². The van der Waals surface area contributed by atoms with E-state index in [0.29, 0.717) is 13.1 Å². The molecule has 2 aromatic rings. The van der Waals surface area contributed by atoms with E-state index in [1.807, 2.05) is 24.3 Å². The number of likely N-dealkylation sites (tertiary alicyclic amines) is 1. The molecule has 0 saturated carbocycles. The smallest absolute Gasteiger partial charge is 0.231 e. The summed E-state index contributed by atoms with van der Waals surface area (Å²) in [6.07, 6.45) is 1.87. The summed E-state index contributed by atoms with van der Waals surface area (Å²) in [5, 5.41) is 6.63. The predicted molar refractivity (Wildman–Crippen MR) is 90.3 cm³/mol. The molecule has 1 aromatic heterocycles. The molecule has 1 aliphatic heterocycles. The number of primary amides is 1. The number of amides is 2. The predicted octanol–water partition coefficient (Wildman–Crippen LogP) is 1.34. The van der Waals surface area contributed by atoms with E-state index in [4.69, 9.17) is 5.73 Å². The van der Waals surface area contributed by atoms with Crippen LogP contribution in [-0.4, -0.2) is 40.0 Å². The third-order valence-electron chi connectivity index (χ3n) is 4.74. The van der Waals surface area contributed by atoms with Gasteiger partial charge in [-0.25, -0.2) is 0 Å². The number of carbonyl (C=O) groups excluding carboxylic acids is 2. The van der Waals surface area contributed by atoms with Gasteiger partial charge in [0.1, 0.15) is 5.41 Å². The SMILES string of the molecule is CC(C)c1ccccc1C1(C(N)=O)CN(C(=O)Cc2ccn[nH]2)C1. The molecule has 3 N–H and O–H groups in total. The van der Waals surface area contributed by atoms with Crippen molar-refractivity contribution in [1.82, 2.24) is 15.1 Å². The van der Waals surface area contributed by atoms with Gasteiger partial charge < -0.3 is 10.6 Å². The number of aromatic amines is 1. The highest BCUT2D eigenvalue weighted by Crippen LogP contribution is 2.38. The molecule has 0 radical (unpaired) electrons. The second kappa shape index (κ2) is 6.11. The van der Waals surface area contributed by atoms with Crippen LogP contribution in [0.2, 0.25) is 0 Å². The average molecular weight is 326 g/mol. The molecular formula is C18H22N4O2. The fourth-order valence-corrected chi connectivity index (χ4v) is 3.33. The van der Waals surface area contributed by atoms with Crippen LogP contribution < -0.4 is 5.73 Å². The number of hydrogen-bond acceptors (Lipinski definition) is 3. The van der Waals surface area contributed by atoms with Gasteiger partial charge in [0.25, 0.3) is 0 Å². The van der Waals surface area contributed by atoms with E-state index < -0.39 is 5.41 Å². The zero-order valence-electron chi connectivity index (χ0n) is 14.0. The van der Waals surface area contributed by atoms with Crippen LogP contribution in [0, 0.1) is 0 Å². The molecule has 0 atom stereocenters. The highest BCUT2D eigenvalue weighted by atomic mass is 16.2. The Labute approximate surface area is 141 Å². The summed E-state index contributed by atoms with van der Waals surface area (Å²) < 4.78 is 0. The Morgan fingerprint density at radius 1 is 1.29 bits per heavy atom. The first-order valence-electron chi connectivity index (χ1n) is 8.09. The van der Waals surface area contributed by atoms with Gasteiger partial charge >= 0.3 is 0 Å². The molecule has 6 heteroatoms. The first-order chi connectivity index (χ1) is 11.4. The van der Waals surface area contributed by atoms with Gasteiger partial charge in [-0.3, -0.25) is 14.7 Å². The molecule has 1 fully saturated rings. The zero-order chi connectivity index (χ0) is 17.3. The number of nitrogens with two attached hydrogens (primary N) is 1. The highest BCUT2D eigenvalue weighted by molar-refractivity contribution is 5.92. The molecule has 1 aliphatic rings. The normalized spacial score (nSPS) is 16.0. The molecule has 2 heterocycles. The van der Waals surface area contributed by atoms with Crippen molar-refractivity contribution in [3.63, 3.8) is 0 Å². The van der Waals surface area contributed by atoms with E-state index in [1.165, 1.54) is 0 Å². The number of rotatable bonds is 5. The maximum atomic E-state index is 12.4. The Kier molecular flexibility index (Phi) is 4.13. The summed E-state index contributed by atoms with van der Waals surface area (Å²) in [6.45, 7) is 4.85. The number of hydrogen-bond donors (Lipinski definition) is 2. The number of aromatic nitrogens is 2. The second-order valence-corrected chi connectivity index (χ2v) is 6.70. The molecule has 2 amide bonds. The molecule has 24 heavy (non-hydrogen) atoms. The monoisotopic (exact) mass is 326 g/mol. The zero-order valence-corrected chi connectivity index (χ0v) is 14.0. The average Bonchev–Trinajstić information content (AvgIpc) is 2.99. The number of nitrogens with one attached hydrogen (secondary N) is 1. The fourth-order valence-electron chi connectivity index (χ4n) is 3.33. The summed E-state index contributed by atoms with van der Waals surface area (Å²) in [4.78, 5) is 26.3.